The second kappa shape index (κ2) is 4.84. The van der Waals surface area contributed by atoms with E-state index < -0.39 is 0 Å². The van der Waals surface area contributed by atoms with Crippen molar-refractivity contribution in [2.24, 2.45) is 0 Å². The fraction of sp³-hybridized carbons (Fsp3) is 0.357. The van der Waals surface area contributed by atoms with Crippen LogP contribution in [0.4, 0.5) is 5.13 Å². The van der Waals surface area contributed by atoms with E-state index in [1.807, 2.05) is 6.92 Å². The molecule has 7 nitrogen and oxygen atoms in total. The molecule has 1 N–H and O–H groups in total. The Hall–Kier alpha value is -2.35. The maximum Gasteiger partial charge on any atom is 0.258 e. The fourth-order valence-electron chi connectivity index (χ4n) is 2.34. The SMILES string of the molecule is Cc1cc(C(=O)Nc2nnc(C3CC3)s2)c2c(C)noc2n1. The Morgan fingerprint density at radius 1 is 1.36 bits per heavy atom. The Labute approximate surface area is 129 Å². The quantitative estimate of drug-likeness (QED) is 0.798. The molecule has 0 bridgehead atoms. The number of carbonyl (C=O) groups excluding carboxylic acids is 1. The van der Waals surface area contributed by atoms with E-state index >= 15 is 0 Å². The highest BCUT2D eigenvalue weighted by Crippen LogP contribution is 2.42. The summed E-state index contributed by atoms with van der Waals surface area (Å²) in [7, 11) is 0. The number of fused-ring (bicyclic) bond motifs is 1. The van der Waals surface area contributed by atoms with Crippen LogP contribution in [0.25, 0.3) is 11.1 Å². The van der Waals surface area contributed by atoms with Gasteiger partial charge in [0.15, 0.2) is 0 Å². The molecule has 1 amide bonds. The van der Waals surface area contributed by atoms with Gasteiger partial charge in [-0.1, -0.05) is 16.5 Å². The number of hydrogen-bond acceptors (Lipinski definition) is 7. The van der Waals surface area contributed by atoms with Crippen molar-refractivity contribution in [3.8, 4) is 0 Å². The number of nitrogens with zero attached hydrogens (tertiary/aromatic N) is 4. The molecule has 1 fully saturated rings. The van der Waals surface area contributed by atoms with E-state index in [0.717, 1.165) is 17.8 Å². The van der Waals surface area contributed by atoms with Crippen LogP contribution in [-0.2, 0) is 0 Å². The maximum absolute atomic E-state index is 12.6. The Balaban J connectivity index is 1.68. The van der Waals surface area contributed by atoms with Crippen LogP contribution in [0.1, 0.15) is 45.5 Å². The van der Waals surface area contributed by atoms with Gasteiger partial charge in [-0.3, -0.25) is 10.1 Å². The highest BCUT2D eigenvalue weighted by molar-refractivity contribution is 7.15. The Morgan fingerprint density at radius 3 is 2.95 bits per heavy atom. The Kier molecular flexibility index (Phi) is 2.93. The van der Waals surface area contributed by atoms with E-state index in [4.69, 9.17) is 4.52 Å². The average Bonchev–Trinajstić information content (AvgIpc) is 3.13. The number of aromatic nitrogens is 4. The zero-order valence-electron chi connectivity index (χ0n) is 12.1. The van der Waals surface area contributed by atoms with E-state index in [1.54, 1.807) is 13.0 Å². The first-order chi connectivity index (χ1) is 10.6. The highest BCUT2D eigenvalue weighted by atomic mass is 32.1. The van der Waals surface area contributed by atoms with Gasteiger partial charge in [-0.05, 0) is 32.8 Å². The molecule has 3 aromatic heterocycles. The van der Waals surface area contributed by atoms with Crippen LogP contribution in [0.3, 0.4) is 0 Å². The van der Waals surface area contributed by atoms with Gasteiger partial charge in [0, 0.05) is 11.6 Å². The van der Waals surface area contributed by atoms with Gasteiger partial charge in [-0.15, -0.1) is 10.2 Å². The van der Waals surface area contributed by atoms with Crippen molar-refractivity contribution in [3.05, 3.63) is 28.0 Å². The summed E-state index contributed by atoms with van der Waals surface area (Å²) in [4.78, 5) is 16.8. The van der Waals surface area contributed by atoms with E-state index in [2.05, 4.69) is 25.7 Å². The molecule has 1 aliphatic carbocycles. The molecule has 0 radical (unpaired) electrons. The van der Waals surface area contributed by atoms with Crippen LogP contribution in [0.2, 0.25) is 0 Å². The highest BCUT2D eigenvalue weighted by Gasteiger charge is 2.28. The summed E-state index contributed by atoms with van der Waals surface area (Å²) in [6, 6.07) is 1.73. The predicted molar refractivity (Wildman–Crippen MR) is 81.1 cm³/mol. The molecule has 0 aliphatic heterocycles. The molecule has 22 heavy (non-hydrogen) atoms. The molecule has 0 atom stereocenters. The lowest BCUT2D eigenvalue weighted by Gasteiger charge is -2.03. The molecular formula is C14H13N5O2S. The number of carbonyl (C=O) groups is 1. The molecule has 0 aromatic carbocycles. The number of rotatable bonds is 3. The van der Waals surface area contributed by atoms with Crippen molar-refractivity contribution >= 4 is 33.5 Å². The number of anilines is 1. The van der Waals surface area contributed by atoms with E-state index in [9.17, 15) is 4.79 Å². The third kappa shape index (κ3) is 2.25. The zero-order valence-corrected chi connectivity index (χ0v) is 12.9. The van der Waals surface area contributed by atoms with Crippen molar-refractivity contribution in [1.82, 2.24) is 20.3 Å². The molecular weight excluding hydrogens is 302 g/mol. The van der Waals surface area contributed by atoms with Gasteiger partial charge in [0.2, 0.25) is 5.13 Å². The van der Waals surface area contributed by atoms with Gasteiger partial charge < -0.3 is 4.52 Å². The molecule has 3 aromatic rings. The molecule has 1 saturated carbocycles. The molecule has 1 aliphatic rings. The standard InChI is InChI=1S/C14H13N5O2S/c1-6-5-9(10-7(2)19-21-12(10)15-6)11(20)16-14-18-17-13(22-14)8-3-4-8/h5,8H,3-4H2,1-2H3,(H,16,18,20). The second-order valence-corrected chi connectivity index (χ2v) is 6.44. The largest absolute Gasteiger partial charge is 0.336 e. The van der Waals surface area contributed by atoms with Crippen LogP contribution in [0.15, 0.2) is 10.6 Å². The summed E-state index contributed by atoms with van der Waals surface area (Å²) in [5.41, 5.74) is 2.20. The van der Waals surface area contributed by atoms with Crippen molar-refractivity contribution in [1.29, 1.82) is 0 Å². The first-order valence-electron chi connectivity index (χ1n) is 7.00. The number of amides is 1. The van der Waals surface area contributed by atoms with Crippen molar-refractivity contribution < 1.29 is 9.32 Å². The third-order valence-electron chi connectivity index (χ3n) is 3.58. The van der Waals surface area contributed by atoms with Crippen LogP contribution in [0.5, 0.6) is 0 Å². The maximum atomic E-state index is 12.6. The molecule has 3 heterocycles. The predicted octanol–water partition coefficient (Wildman–Crippen LogP) is 2.82. The topological polar surface area (TPSA) is 93.8 Å². The Bertz CT molecular complexity index is 881. The lowest BCUT2D eigenvalue weighted by atomic mass is 10.1. The van der Waals surface area contributed by atoms with Crippen LogP contribution < -0.4 is 5.32 Å². The van der Waals surface area contributed by atoms with Crippen molar-refractivity contribution in [3.63, 3.8) is 0 Å². The summed E-state index contributed by atoms with van der Waals surface area (Å²) in [6.07, 6.45) is 2.32. The average molecular weight is 315 g/mol. The van der Waals surface area contributed by atoms with E-state index in [-0.39, 0.29) is 5.91 Å². The number of aryl methyl sites for hydroxylation is 2. The molecule has 0 unspecified atom stereocenters. The van der Waals surface area contributed by atoms with Crippen LogP contribution >= 0.6 is 11.3 Å². The lowest BCUT2D eigenvalue weighted by Crippen LogP contribution is -2.13. The van der Waals surface area contributed by atoms with Crippen molar-refractivity contribution in [2.45, 2.75) is 32.6 Å². The smallest absolute Gasteiger partial charge is 0.258 e. The minimum Gasteiger partial charge on any atom is -0.336 e. The number of nitrogens with one attached hydrogen (secondary N) is 1. The van der Waals surface area contributed by atoms with E-state index in [0.29, 0.717) is 39.1 Å². The van der Waals surface area contributed by atoms with Gasteiger partial charge in [0.25, 0.3) is 11.6 Å². The normalized spacial score (nSPS) is 14.5. The summed E-state index contributed by atoms with van der Waals surface area (Å²) >= 11 is 1.43. The van der Waals surface area contributed by atoms with Crippen LogP contribution in [0, 0.1) is 13.8 Å². The Morgan fingerprint density at radius 2 is 2.18 bits per heavy atom. The zero-order chi connectivity index (χ0) is 15.3. The summed E-state index contributed by atoms with van der Waals surface area (Å²) in [6.45, 7) is 3.60. The first-order valence-corrected chi connectivity index (χ1v) is 7.82. The molecule has 4 rings (SSSR count). The fourth-order valence-corrected chi connectivity index (χ4v) is 3.25. The van der Waals surface area contributed by atoms with Gasteiger partial charge in [0.1, 0.15) is 5.01 Å². The summed E-state index contributed by atoms with van der Waals surface area (Å²) in [5.74, 6) is 0.277. The second-order valence-electron chi connectivity index (χ2n) is 5.43. The van der Waals surface area contributed by atoms with Crippen molar-refractivity contribution in [2.75, 3.05) is 5.32 Å². The monoisotopic (exact) mass is 315 g/mol. The minimum atomic E-state index is -0.250. The first kappa shape index (κ1) is 13.3. The van der Waals surface area contributed by atoms with Gasteiger partial charge in [-0.2, -0.15) is 0 Å². The van der Waals surface area contributed by atoms with Crippen LogP contribution in [-0.4, -0.2) is 26.2 Å². The summed E-state index contributed by atoms with van der Waals surface area (Å²) in [5, 5.41) is 17.0. The lowest BCUT2D eigenvalue weighted by molar-refractivity contribution is 0.102. The minimum absolute atomic E-state index is 0.250. The third-order valence-corrected chi connectivity index (χ3v) is 4.58. The van der Waals surface area contributed by atoms with Gasteiger partial charge >= 0.3 is 0 Å². The molecule has 0 saturated heterocycles. The summed E-state index contributed by atoms with van der Waals surface area (Å²) < 4.78 is 5.15. The molecule has 112 valence electrons. The number of pyridine rings is 1. The molecule has 0 spiro atoms. The van der Waals surface area contributed by atoms with Gasteiger partial charge in [0.05, 0.1) is 16.6 Å². The van der Waals surface area contributed by atoms with E-state index in [1.165, 1.54) is 11.3 Å². The molecule has 8 heteroatoms. The van der Waals surface area contributed by atoms with Gasteiger partial charge in [-0.25, -0.2) is 4.98 Å². The number of hydrogen-bond donors (Lipinski definition) is 1.